The number of rotatable bonds is 7. The molecule has 0 N–H and O–H groups in total. The maximum Gasteiger partial charge on any atom is 0.0838 e. The summed E-state index contributed by atoms with van der Waals surface area (Å²) in [5, 5.41) is 1.52. The van der Waals surface area contributed by atoms with Crippen molar-refractivity contribution in [3.8, 4) is 0 Å². The first-order chi connectivity index (χ1) is 12.0. The summed E-state index contributed by atoms with van der Waals surface area (Å²) >= 11 is 0. The van der Waals surface area contributed by atoms with E-state index in [4.69, 9.17) is 9.47 Å². The van der Waals surface area contributed by atoms with Crippen LogP contribution in [0.15, 0.2) is 60.7 Å². The Labute approximate surface area is 153 Å². The zero-order chi connectivity index (χ0) is 17.7. The molecule has 3 heteroatoms. The van der Waals surface area contributed by atoms with Crippen molar-refractivity contribution in [2.24, 2.45) is 5.92 Å². The molecule has 3 rings (SSSR count). The van der Waals surface area contributed by atoms with Gasteiger partial charge in [-0.3, -0.25) is 0 Å². The van der Waals surface area contributed by atoms with Crippen LogP contribution in [0, 0.1) is 5.92 Å². The van der Waals surface area contributed by atoms with Gasteiger partial charge in [0, 0.05) is 0 Å². The molecule has 2 nitrogen and oxygen atoms in total. The highest BCUT2D eigenvalue weighted by molar-refractivity contribution is 6.89. The number of hydrogen-bond donors (Lipinski definition) is 0. The third kappa shape index (κ3) is 5.03. The molecule has 1 aliphatic heterocycles. The normalized spacial score (nSPS) is 23.7. The largest absolute Gasteiger partial charge is 0.374 e. The Kier molecular flexibility index (Phi) is 6.10. The smallest absolute Gasteiger partial charge is 0.0838 e. The topological polar surface area (TPSA) is 18.5 Å². The van der Waals surface area contributed by atoms with E-state index in [1.807, 2.05) is 6.07 Å². The molecule has 0 spiro atoms. The highest BCUT2D eigenvalue weighted by Gasteiger charge is 2.36. The molecule has 1 fully saturated rings. The monoisotopic (exact) mass is 354 g/mol. The van der Waals surface area contributed by atoms with Crippen LogP contribution in [0.25, 0.3) is 0 Å². The van der Waals surface area contributed by atoms with Crippen molar-refractivity contribution in [3.63, 3.8) is 0 Å². The minimum absolute atomic E-state index is 0.231. The van der Waals surface area contributed by atoms with Crippen molar-refractivity contribution in [3.05, 3.63) is 66.2 Å². The van der Waals surface area contributed by atoms with Gasteiger partial charge in [-0.2, -0.15) is 0 Å². The zero-order valence-electron chi connectivity index (χ0n) is 15.7. The van der Waals surface area contributed by atoms with Gasteiger partial charge in [-0.05, 0) is 23.9 Å². The Morgan fingerprint density at radius 1 is 1.00 bits per heavy atom. The first-order valence-electron chi connectivity index (χ1n) is 9.37. The second-order valence-electron chi connectivity index (χ2n) is 7.96. The van der Waals surface area contributed by atoms with E-state index in [2.05, 4.69) is 74.6 Å². The summed E-state index contributed by atoms with van der Waals surface area (Å²) in [4.78, 5) is 0. The molecule has 0 unspecified atom stereocenters. The van der Waals surface area contributed by atoms with Crippen LogP contribution in [0.1, 0.15) is 18.9 Å². The minimum atomic E-state index is -1.45. The number of hydrogen-bond acceptors (Lipinski definition) is 2. The molecule has 25 heavy (non-hydrogen) atoms. The Bertz CT molecular complexity index is 642. The molecule has 1 saturated heterocycles. The Morgan fingerprint density at radius 3 is 2.32 bits per heavy atom. The van der Waals surface area contributed by atoms with Crippen LogP contribution in [0.2, 0.25) is 19.1 Å². The van der Waals surface area contributed by atoms with Gasteiger partial charge in [-0.1, -0.05) is 85.9 Å². The second-order valence-corrected chi connectivity index (χ2v) is 12.7. The van der Waals surface area contributed by atoms with Gasteiger partial charge in [0.25, 0.3) is 0 Å². The van der Waals surface area contributed by atoms with Crippen molar-refractivity contribution in [1.29, 1.82) is 0 Å². The molecule has 0 saturated carbocycles. The lowest BCUT2D eigenvalue weighted by Gasteiger charge is -2.26. The van der Waals surface area contributed by atoms with Gasteiger partial charge >= 0.3 is 0 Å². The molecule has 0 amide bonds. The lowest BCUT2D eigenvalue weighted by Crippen LogP contribution is -2.44. The van der Waals surface area contributed by atoms with Gasteiger partial charge < -0.3 is 9.47 Å². The average molecular weight is 355 g/mol. The molecule has 2 aromatic carbocycles. The zero-order valence-corrected chi connectivity index (χ0v) is 16.7. The van der Waals surface area contributed by atoms with E-state index >= 15 is 0 Å². The van der Waals surface area contributed by atoms with Crippen LogP contribution in [0.3, 0.4) is 0 Å². The van der Waals surface area contributed by atoms with Crippen LogP contribution >= 0.6 is 0 Å². The molecule has 2 aromatic rings. The van der Waals surface area contributed by atoms with E-state index in [-0.39, 0.29) is 6.10 Å². The molecular formula is C22H30O2Si. The molecule has 0 bridgehead atoms. The first-order valence-corrected chi connectivity index (χ1v) is 12.6. The maximum absolute atomic E-state index is 6.38. The summed E-state index contributed by atoms with van der Waals surface area (Å²) in [5.74, 6) is 0.571. The van der Waals surface area contributed by atoms with Crippen LogP contribution in [-0.4, -0.2) is 26.9 Å². The van der Waals surface area contributed by atoms with E-state index in [1.54, 1.807) is 0 Å². The average Bonchev–Trinajstić information content (AvgIpc) is 2.95. The van der Waals surface area contributed by atoms with E-state index in [0.29, 0.717) is 25.2 Å². The SMILES string of the molecule is C[C@@H]1C[C@H](C[Si](C)(C)c2ccccc2)O[C@H]1COCc1ccccc1. The first kappa shape index (κ1) is 18.4. The van der Waals surface area contributed by atoms with E-state index in [9.17, 15) is 0 Å². The summed E-state index contributed by atoms with van der Waals surface area (Å²) in [5.41, 5.74) is 1.22. The number of benzene rings is 2. The summed E-state index contributed by atoms with van der Waals surface area (Å²) in [6, 6.07) is 22.5. The van der Waals surface area contributed by atoms with Gasteiger partial charge in [0.2, 0.25) is 0 Å². The van der Waals surface area contributed by atoms with E-state index in [1.165, 1.54) is 16.8 Å². The fourth-order valence-corrected chi connectivity index (χ4v) is 6.51. The predicted octanol–water partition coefficient (Wildman–Crippen LogP) is 4.61. The van der Waals surface area contributed by atoms with Crippen LogP contribution in [0.4, 0.5) is 0 Å². The summed E-state index contributed by atoms with van der Waals surface area (Å²) in [7, 11) is -1.45. The molecule has 0 aromatic heterocycles. The van der Waals surface area contributed by atoms with Crippen molar-refractivity contribution in [2.45, 2.75) is 51.3 Å². The fraction of sp³-hybridized carbons (Fsp3) is 0.455. The quantitative estimate of drug-likeness (QED) is 0.676. The summed E-state index contributed by atoms with van der Waals surface area (Å²) in [6.07, 6.45) is 1.76. The standard InChI is InChI=1S/C22H30O2Si/c1-18-14-20(17-25(2,3)21-12-8-5-9-13-21)24-22(18)16-23-15-19-10-6-4-7-11-19/h4-13,18,20,22H,14-17H2,1-3H3/t18-,20-,22+/m1/s1. The Balaban J connectivity index is 1.49. The summed E-state index contributed by atoms with van der Waals surface area (Å²) in [6.45, 7) is 8.57. The lowest BCUT2D eigenvalue weighted by atomic mass is 10.0. The van der Waals surface area contributed by atoms with Gasteiger partial charge in [-0.15, -0.1) is 0 Å². The van der Waals surface area contributed by atoms with Crippen LogP contribution in [0.5, 0.6) is 0 Å². The van der Waals surface area contributed by atoms with Gasteiger partial charge in [0.05, 0.1) is 33.5 Å². The van der Waals surface area contributed by atoms with Crippen molar-refractivity contribution in [1.82, 2.24) is 0 Å². The van der Waals surface area contributed by atoms with E-state index in [0.717, 1.165) is 6.42 Å². The molecule has 3 atom stereocenters. The van der Waals surface area contributed by atoms with Crippen LogP contribution < -0.4 is 5.19 Å². The van der Waals surface area contributed by atoms with Gasteiger partial charge in [-0.25, -0.2) is 0 Å². The fourth-order valence-electron chi connectivity index (χ4n) is 3.78. The minimum Gasteiger partial charge on any atom is -0.374 e. The Morgan fingerprint density at radius 2 is 1.64 bits per heavy atom. The van der Waals surface area contributed by atoms with Crippen molar-refractivity contribution >= 4 is 13.3 Å². The highest BCUT2D eigenvalue weighted by atomic mass is 28.3. The molecule has 134 valence electrons. The van der Waals surface area contributed by atoms with Crippen molar-refractivity contribution < 1.29 is 9.47 Å². The molecule has 1 heterocycles. The van der Waals surface area contributed by atoms with Gasteiger partial charge in [0.15, 0.2) is 0 Å². The van der Waals surface area contributed by atoms with Crippen LogP contribution in [-0.2, 0) is 16.1 Å². The molecule has 1 aliphatic rings. The van der Waals surface area contributed by atoms with Gasteiger partial charge in [0.1, 0.15) is 0 Å². The third-order valence-corrected chi connectivity index (χ3v) is 8.70. The second kappa shape index (κ2) is 8.30. The van der Waals surface area contributed by atoms with Crippen molar-refractivity contribution in [2.75, 3.05) is 6.61 Å². The van der Waals surface area contributed by atoms with E-state index < -0.39 is 8.07 Å². The number of ether oxygens (including phenoxy) is 2. The maximum atomic E-state index is 6.38. The summed E-state index contributed by atoms with van der Waals surface area (Å²) < 4.78 is 12.3. The third-order valence-electron chi connectivity index (χ3n) is 5.32. The molecule has 0 aliphatic carbocycles. The molecular weight excluding hydrogens is 324 g/mol. The predicted molar refractivity (Wildman–Crippen MR) is 107 cm³/mol. The molecule has 0 radical (unpaired) electrons. The lowest BCUT2D eigenvalue weighted by molar-refractivity contribution is -0.0244. The Hall–Kier alpha value is -1.42. The highest BCUT2D eigenvalue weighted by Crippen LogP contribution is 2.31.